The molecule has 0 bridgehead atoms. The summed E-state index contributed by atoms with van der Waals surface area (Å²) in [6.07, 6.45) is -1.19. The van der Waals surface area contributed by atoms with Crippen molar-refractivity contribution in [3.63, 3.8) is 0 Å². The van der Waals surface area contributed by atoms with Crippen LogP contribution in [0.2, 0.25) is 5.02 Å². The molecule has 1 rings (SSSR count). The van der Waals surface area contributed by atoms with Crippen LogP contribution in [0.1, 0.15) is 17.3 Å². The van der Waals surface area contributed by atoms with E-state index in [4.69, 9.17) is 16.7 Å². The number of amides is 1. The fourth-order valence-corrected chi connectivity index (χ4v) is 1.77. The predicted octanol–water partition coefficient (Wildman–Crippen LogP) is 1.51. The molecule has 0 aliphatic heterocycles. The fourth-order valence-electron chi connectivity index (χ4n) is 1.25. The van der Waals surface area contributed by atoms with Gasteiger partial charge in [0.25, 0.3) is 5.91 Å². The molecule has 0 radical (unpaired) electrons. The Labute approximate surface area is 122 Å². The zero-order valence-electron chi connectivity index (χ0n) is 9.35. The summed E-state index contributed by atoms with van der Waals surface area (Å²) in [5.41, 5.74) is 0.243. The lowest BCUT2D eigenvalue weighted by atomic mass is 10.1. The van der Waals surface area contributed by atoms with Gasteiger partial charge in [0.1, 0.15) is 0 Å². The Morgan fingerprint density at radius 3 is 2.50 bits per heavy atom. The third-order valence-electron chi connectivity index (χ3n) is 2.22. The van der Waals surface area contributed by atoms with Gasteiger partial charge in [0.15, 0.2) is 6.04 Å². The normalized spacial score (nSPS) is 13.8. The van der Waals surface area contributed by atoms with Crippen LogP contribution in [-0.4, -0.2) is 34.2 Å². The van der Waals surface area contributed by atoms with Crippen LogP contribution in [0.25, 0.3) is 0 Å². The summed E-state index contributed by atoms with van der Waals surface area (Å²) in [7, 11) is 0. The second-order valence-corrected chi connectivity index (χ2v) is 5.23. The maximum Gasteiger partial charge on any atom is 0.328 e. The van der Waals surface area contributed by atoms with Gasteiger partial charge in [-0.1, -0.05) is 11.6 Å². The molecule has 2 unspecified atom stereocenters. The number of hydrogen-bond acceptors (Lipinski definition) is 3. The molecular weight excluding hydrogens is 372 g/mol. The van der Waals surface area contributed by atoms with E-state index in [0.29, 0.717) is 5.02 Å². The van der Waals surface area contributed by atoms with Crippen molar-refractivity contribution in [3.8, 4) is 0 Å². The first-order valence-electron chi connectivity index (χ1n) is 4.99. The molecule has 1 amide bonds. The molecule has 3 N–H and O–H groups in total. The average Bonchev–Trinajstić information content (AvgIpc) is 2.28. The summed E-state index contributed by atoms with van der Waals surface area (Å²) in [4.78, 5) is 22.6. The van der Waals surface area contributed by atoms with Crippen LogP contribution in [-0.2, 0) is 4.79 Å². The number of halogens is 2. The van der Waals surface area contributed by atoms with Crippen LogP contribution in [0, 0.1) is 3.57 Å². The number of aliphatic carboxylic acids is 1. The first-order chi connectivity index (χ1) is 8.32. The summed E-state index contributed by atoms with van der Waals surface area (Å²) in [5, 5.41) is 20.7. The Balaban J connectivity index is 2.87. The van der Waals surface area contributed by atoms with Crippen molar-refractivity contribution in [2.24, 2.45) is 0 Å². The highest BCUT2D eigenvalue weighted by Crippen LogP contribution is 2.19. The molecule has 1 aromatic carbocycles. The maximum atomic E-state index is 11.8. The molecule has 98 valence electrons. The van der Waals surface area contributed by atoms with E-state index in [1.807, 2.05) is 22.6 Å². The third kappa shape index (κ3) is 3.82. The maximum absolute atomic E-state index is 11.8. The Morgan fingerprint density at radius 1 is 1.44 bits per heavy atom. The quantitative estimate of drug-likeness (QED) is 0.688. The second-order valence-electron chi connectivity index (χ2n) is 3.66. The molecule has 0 heterocycles. The van der Waals surface area contributed by atoms with Crippen molar-refractivity contribution in [1.29, 1.82) is 0 Å². The van der Waals surface area contributed by atoms with E-state index in [0.717, 1.165) is 3.57 Å². The minimum atomic E-state index is -1.35. The highest BCUT2D eigenvalue weighted by Gasteiger charge is 2.25. The molecule has 0 aromatic heterocycles. The summed E-state index contributed by atoms with van der Waals surface area (Å²) in [5.74, 6) is -1.89. The number of benzene rings is 1. The van der Waals surface area contributed by atoms with E-state index >= 15 is 0 Å². The lowest BCUT2D eigenvalue weighted by Gasteiger charge is -2.17. The van der Waals surface area contributed by atoms with Crippen molar-refractivity contribution in [1.82, 2.24) is 5.32 Å². The van der Waals surface area contributed by atoms with E-state index in [9.17, 15) is 14.7 Å². The molecule has 0 fully saturated rings. The van der Waals surface area contributed by atoms with Gasteiger partial charge in [0.2, 0.25) is 0 Å². The first-order valence-corrected chi connectivity index (χ1v) is 6.45. The molecule has 2 atom stereocenters. The van der Waals surface area contributed by atoms with Gasteiger partial charge in [-0.3, -0.25) is 4.79 Å². The average molecular weight is 384 g/mol. The predicted molar refractivity (Wildman–Crippen MR) is 74.7 cm³/mol. The lowest BCUT2D eigenvalue weighted by molar-refractivity contribution is -0.141. The summed E-state index contributed by atoms with van der Waals surface area (Å²) in [6.45, 7) is 1.29. The molecule has 0 aliphatic rings. The van der Waals surface area contributed by atoms with Gasteiger partial charge >= 0.3 is 5.97 Å². The van der Waals surface area contributed by atoms with Crippen molar-refractivity contribution in [2.45, 2.75) is 19.1 Å². The van der Waals surface area contributed by atoms with E-state index in [2.05, 4.69) is 5.32 Å². The number of carboxylic acids is 1. The van der Waals surface area contributed by atoms with Crippen LogP contribution in [0.15, 0.2) is 18.2 Å². The Kier molecular flexibility index (Phi) is 5.36. The minimum Gasteiger partial charge on any atom is -0.480 e. The molecule has 7 heteroatoms. The largest absolute Gasteiger partial charge is 0.480 e. The van der Waals surface area contributed by atoms with E-state index in [1.165, 1.54) is 19.1 Å². The zero-order valence-corrected chi connectivity index (χ0v) is 12.3. The molecule has 0 saturated heterocycles. The number of hydrogen-bond donors (Lipinski definition) is 3. The van der Waals surface area contributed by atoms with Gasteiger partial charge in [-0.15, -0.1) is 0 Å². The molecule has 0 spiro atoms. The Hall–Kier alpha value is -0.860. The van der Waals surface area contributed by atoms with Crippen molar-refractivity contribution in [3.05, 3.63) is 32.4 Å². The fraction of sp³-hybridized carbons (Fsp3) is 0.273. The molecule has 0 saturated carbocycles. The Bertz CT molecular complexity index is 478. The number of carbonyl (C=O) groups excluding carboxylic acids is 1. The lowest BCUT2D eigenvalue weighted by Crippen LogP contribution is -2.47. The topological polar surface area (TPSA) is 86.6 Å². The van der Waals surface area contributed by atoms with Crippen LogP contribution in [0.3, 0.4) is 0 Å². The van der Waals surface area contributed by atoms with Crippen LogP contribution in [0.4, 0.5) is 0 Å². The van der Waals surface area contributed by atoms with Crippen LogP contribution < -0.4 is 5.32 Å². The minimum absolute atomic E-state index is 0.243. The van der Waals surface area contributed by atoms with Crippen LogP contribution >= 0.6 is 34.2 Å². The number of carboxylic acid groups (broad SMARTS) is 1. The summed E-state index contributed by atoms with van der Waals surface area (Å²) in [6, 6.07) is 3.27. The van der Waals surface area contributed by atoms with Crippen molar-refractivity contribution in [2.75, 3.05) is 0 Å². The molecule has 0 aliphatic carbocycles. The highest BCUT2D eigenvalue weighted by molar-refractivity contribution is 14.1. The van der Waals surface area contributed by atoms with Gasteiger partial charge in [-0.2, -0.15) is 0 Å². The molecule has 1 aromatic rings. The number of aliphatic hydroxyl groups excluding tert-OH is 1. The van der Waals surface area contributed by atoms with Gasteiger partial charge < -0.3 is 15.5 Å². The standard InChI is InChI=1S/C11H11ClINO4/c1-5(15)9(11(17)18)14-10(16)6-2-3-8(13)7(12)4-6/h2-5,9,15H,1H3,(H,14,16)(H,17,18). The van der Waals surface area contributed by atoms with Gasteiger partial charge in [-0.05, 0) is 47.7 Å². The summed E-state index contributed by atoms with van der Waals surface area (Å²) < 4.78 is 0.788. The summed E-state index contributed by atoms with van der Waals surface area (Å²) >= 11 is 7.88. The van der Waals surface area contributed by atoms with Gasteiger partial charge in [0, 0.05) is 9.13 Å². The third-order valence-corrected chi connectivity index (χ3v) is 3.79. The van der Waals surface area contributed by atoms with Gasteiger partial charge in [0.05, 0.1) is 11.1 Å². The number of nitrogens with one attached hydrogen (secondary N) is 1. The number of carbonyl (C=O) groups is 2. The monoisotopic (exact) mass is 383 g/mol. The SMILES string of the molecule is CC(O)C(NC(=O)c1ccc(I)c(Cl)c1)C(=O)O. The second kappa shape index (κ2) is 6.35. The van der Waals surface area contributed by atoms with Crippen molar-refractivity contribution >= 4 is 46.1 Å². The first kappa shape index (κ1) is 15.2. The van der Waals surface area contributed by atoms with Crippen LogP contribution in [0.5, 0.6) is 0 Å². The molecule has 18 heavy (non-hydrogen) atoms. The smallest absolute Gasteiger partial charge is 0.328 e. The van der Waals surface area contributed by atoms with Crippen molar-refractivity contribution < 1.29 is 19.8 Å². The van der Waals surface area contributed by atoms with E-state index in [-0.39, 0.29) is 5.56 Å². The van der Waals surface area contributed by atoms with E-state index in [1.54, 1.807) is 6.07 Å². The number of aliphatic hydroxyl groups is 1. The molecular formula is C11H11ClINO4. The van der Waals surface area contributed by atoms with E-state index < -0.39 is 24.0 Å². The molecule has 5 nitrogen and oxygen atoms in total. The zero-order chi connectivity index (χ0) is 13.9. The number of rotatable bonds is 4. The Morgan fingerprint density at radius 2 is 2.06 bits per heavy atom. The highest BCUT2D eigenvalue weighted by atomic mass is 127. The van der Waals surface area contributed by atoms with Gasteiger partial charge in [-0.25, -0.2) is 4.79 Å².